The number of nitrogens with zero attached hydrogens (tertiary/aromatic N) is 3. The molecule has 0 aliphatic rings. The van der Waals surface area contributed by atoms with E-state index >= 15 is 0 Å². The molecule has 0 fully saturated rings. The fourth-order valence-electron chi connectivity index (χ4n) is 2.13. The molecule has 23 heavy (non-hydrogen) atoms. The van der Waals surface area contributed by atoms with Gasteiger partial charge in [0.1, 0.15) is 11.4 Å². The number of carbonyl (C=O) groups excluding carboxylic acids is 1. The van der Waals surface area contributed by atoms with Crippen LogP contribution in [0.1, 0.15) is 37.0 Å². The molecule has 0 atom stereocenters. The smallest absolute Gasteiger partial charge is 0.274 e. The van der Waals surface area contributed by atoms with Gasteiger partial charge in [-0.05, 0) is 45.0 Å². The highest BCUT2D eigenvalue weighted by Crippen LogP contribution is 2.18. The first-order chi connectivity index (χ1) is 11.1. The molecule has 1 N–H and O–H groups in total. The summed E-state index contributed by atoms with van der Waals surface area (Å²) in [7, 11) is 1.57. The molecule has 0 bridgehead atoms. The van der Waals surface area contributed by atoms with E-state index in [2.05, 4.69) is 15.6 Å². The summed E-state index contributed by atoms with van der Waals surface area (Å²) in [6.07, 6.45) is 0. The van der Waals surface area contributed by atoms with Crippen LogP contribution >= 0.6 is 0 Å². The molecule has 0 unspecified atom stereocenters. The van der Waals surface area contributed by atoms with Gasteiger partial charge >= 0.3 is 0 Å². The van der Waals surface area contributed by atoms with Crippen LogP contribution in [0.25, 0.3) is 5.69 Å². The van der Waals surface area contributed by atoms with E-state index < -0.39 is 0 Å². The van der Waals surface area contributed by atoms with Crippen molar-refractivity contribution >= 4 is 5.91 Å². The maximum atomic E-state index is 12.2. The Balaban J connectivity index is 2.34. The second-order valence-corrected chi connectivity index (χ2v) is 5.28. The Morgan fingerprint density at radius 3 is 2.57 bits per heavy atom. The second kappa shape index (κ2) is 7.73. The van der Waals surface area contributed by atoms with Crippen LogP contribution in [-0.4, -0.2) is 40.7 Å². The molecule has 0 saturated heterocycles. The van der Waals surface area contributed by atoms with Crippen molar-refractivity contribution < 1.29 is 14.3 Å². The molecular formula is C16H22N4O3. The number of ether oxygens (including phenoxy) is 2. The lowest BCUT2D eigenvalue weighted by Crippen LogP contribution is -2.31. The Morgan fingerprint density at radius 2 is 2.00 bits per heavy atom. The maximum Gasteiger partial charge on any atom is 0.274 e. The van der Waals surface area contributed by atoms with Gasteiger partial charge in [0.15, 0.2) is 5.69 Å². The van der Waals surface area contributed by atoms with E-state index in [0.717, 1.165) is 11.4 Å². The topological polar surface area (TPSA) is 78.3 Å². The van der Waals surface area contributed by atoms with E-state index in [1.54, 1.807) is 11.8 Å². The molecule has 7 heteroatoms. The van der Waals surface area contributed by atoms with Gasteiger partial charge in [-0.15, -0.1) is 5.10 Å². The van der Waals surface area contributed by atoms with Crippen LogP contribution in [0.2, 0.25) is 0 Å². The summed E-state index contributed by atoms with van der Waals surface area (Å²) >= 11 is 0. The zero-order valence-electron chi connectivity index (χ0n) is 13.9. The molecule has 1 aromatic heterocycles. The molecule has 0 aliphatic carbocycles. The van der Waals surface area contributed by atoms with E-state index in [-0.39, 0.29) is 24.2 Å². The van der Waals surface area contributed by atoms with Gasteiger partial charge in [0.05, 0.1) is 18.9 Å². The molecule has 2 rings (SSSR count). The molecule has 124 valence electrons. The SMILES string of the molecule is CCOc1ccc(-n2nnc(C(=O)NC(C)C)c2COC)cc1. The molecule has 0 aliphatic heterocycles. The van der Waals surface area contributed by atoms with Gasteiger partial charge < -0.3 is 14.8 Å². The van der Waals surface area contributed by atoms with Crippen molar-refractivity contribution in [3.8, 4) is 11.4 Å². The van der Waals surface area contributed by atoms with Crippen LogP contribution < -0.4 is 10.1 Å². The predicted molar refractivity (Wildman–Crippen MR) is 85.8 cm³/mol. The zero-order chi connectivity index (χ0) is 16.8. The zero-order valence-corrected chi connectivity index (χ0v) is 13.9. The fourth-order valence-corrected chi connectivity index (χ4v) is 2.13. The van der Waals surface area contributed by atoms with Gasteiger partial charge in [-0.2, -0.15) is 0 Å². The van der Waals surface area contributed by atoms with Crippen molar-refractivity contribution in [2.24, 2.45) is 0 Å². The third kappa shape index (κ3) is 4.07. The molecule has 0 spiro atoms. The summed E-state index contributed by atoms with van der Waals surface area (Å²) in [6.45, 7) is 6.56. The molecule has 1 heterocycles. The Labute approximate surface area is 135 Å². The maximum absolute atomic E-state index is 12.2. The summed E-state index contributed by atoms with van der Waals surface area (Å²) < 4.78 is 12.2. The summed E-state index contributed by atoms with van der Waals surface area (Å²) in [5.74, 6) is 0.520. The predicted octanol–water partition coefficient (Wildman–Crippen LogP) is 1.95. The van der Waals surface area contributed by atoms with Crippen molar-refractivity contribution in [2.75, 3.05) is 13.7 Å². The van der Waals surface area contributed by atoms with Crippen LogP contribution in [0, 0.1) is 0 Å². The highest BCUT2D eigenvalue weighted by molar-refractivity contribution is 5.93. The van der Waals surface area contributed by atoms with Crippen LogP contribution in [0.5, 0.6) is 5.75 Å². The van der Waals surface area contributed by atoms with Gasteiger partial charge in [-0.1, -0.05) is 5.21 Å². The van der Waals surface area contributed by atoms with Crippen molar-refractivity contribution in [1.82, 2.24) is 20.3 Å². The standard InChI is InChI=1S/C16H22N4O3/c1-5-23-13-8-6-12(7-9-13)20-14(10-22-4)15(18-19-20)16(21)17-11(2)3/h6-9,11H,5,10H2,1-4H3,(H,17,21). The third-order valence-corrected chi connectivity index (χ3v) is 3.07. The highest BCUT2D eigenvalue weighted by atomic mass is 16.5. The van der Waals surface area contributed by atoms with E-state index in [1.807, 2.05) is 45.0 Å². The summed E-state index contributed by atoms with van der Waals surface area (Å²) in [4.78, 5) is 12.2. The van der Waals surface area contributed by atoms with Gasteiger partial charge in [-0.25, -0.2) is 4.68 Å². The lowest BCUT2D eigenvalue weighted by molar-refractivity contribution is 0.0932. The summed E-state index contributed by atoms with van der Waals surface area (Å²) in [6, 6.07) is 7.45. The van der Waals surface area contributed by atoms with Crippen molar-refractivity contribution in [1.29, 1.82) is 0 Å². The first kappa shape index (κ1) is 17.0. The quantitative estimate of drug-likeness (QED) is 0.844. The fraction of sp³-hybridized carbons (Fsp3) is 0.438. The van der Waals surface area contributed by atoms with Crippen LogP contribution in [0.3, 0.4) is 0 Å². The third-order valence-electron chi connectivity index (χ3n) is 3.07. The Bertz CT molecular complexity index is 650. The number of aromatic nitrogens is 3. The van der Waals surface area contributed by atoms with E-state index in [1.165, 1.54) is 0 Å². The van der Waals surface area contributed by atoms with E-state index in [9.17, 15) is 4.79 Å². The number of nitrogens with one attached hydrogen (secondary N) is 1. The number of carbonyl (C=O) groups is 1. The molecule has 7 nitrogen and oxygen atoms in total. The molecule has 0 saturated carbocycles. The Morgan fingerprint density at radius 1 is 1.30 bits per heavy atom. The minimum atomic E-state index is -0.260. The molecular weight excluding hydrogens is 296 g/mol. The normalized spacial score (nSPS) is 10.8. The monoisotopic (exact) mass is 318 g/mol. The largest absolute Gasteiger partial charge is 0.494 e. The second-order valence-electron chi connectivity index (χ2n) is 5.28. The average molecular weight is 318 g/mol. The minimum Gasteiger partial charge on any atom is -0.494 e. The van der Waals surface area contributed by atoms with E-state index in [0.29, 0.717) is 12.3 Å². The van der Waals surface area contributed by atoms with Crippen LogP contribution in [-0.2, 0) is 11.3 Å². The summed E-state index contributed by atoms with van der Waals surface area (Å²) in [5.41, 5.74) is 1.67. The number of methoxy groups -OCH3 is 1. The molecule has 1 aromatic carbocycles. The molecule has 2 aromatic rings. The minimum absolute atomic E-state index is 0.0218. The first-order valence-electron chi connectivity index (χ1n) is 7.54. The van der Waals surface area contributed by atoms with Gasteiger partial charge in [0.25, 0.3) is 5.91 Å². The first-order valence-corrected chi connectivity index (χ1v) is 7.54. The van der Waals surface area contributed by atoms with Crippen LogP contribution in [0.15, 0.2) is 24.3 Å². The number of hydrogen-bond acceptors (Lipinski definition) is 5. The molecule has 0 radical (unpaired) electrons. The van der Waals surface area contributed by atoms with Crippen molar-refractivity contribution in [2.45, 2.75) is 33.4 Å². The van der Waals surface area contributed by atoms with Crippen LogP contribution in [0.4, 0.5) is 0 Å². The Hall–Kier alpha value is -2.41. The number of rotatable bonds is 7. The average Bonchev–Trinajstić information content (AvgIpc) is 2.92. The Kier molecular flexibility index (Phi) is 5.70. The number of amides is 1. The van der Waals surface area contributed by atoms with Gasteiger partial charge in [0.2, 0.25) is 0 Å². The van der Waals surface area contributed by atoms with Gasteiger partial charge in [-0.3, -0.25) is 4.79 Å². The lowest BCUT2D eigenvalue weighted by Gasteiger charge is -2.10. The number of benzene rings is 1. The lowest BCUT2D eigenvalue weighted by atomic mass is 10.2. The molecule has 1 amide bonds. The van der Waals surface area contributed by atoms with Crippen molar-refractivity contribution in [3.05, 3.63) is 35.7 Å². The highest BCUT2D eigenvalue weighted by Gasteiger charge is 2.21. The van der Waals surface area contributed by atoms with Crippen molar-refractivity contribution in [3.63, 3.8) is 0 Å². The summed E-state index contributed by atoms with van der Waals surface area (Å²) in [5, 5.41) is 10.9. The number of hydrogen-bond donors (Lipinski definition) is 1. The van der Waals surface area contributed by atoms with E-state index in [4.69, 9.17) is 9.47 Å². The van der Waals surface area contributed by atoms with Gasteiger partial charge in [0, 0.05) is 13.2 Å².